The third kappa shape index (κ3) is 2.11. The van der Waals surface area contributed by atoms with Crippen molar-refractivity contribution in [3.05, 3.63) is 29.3 Å². The summed E-state index contributed by atoms with van der Waals surface area (Å²) in [5.74, 6) is 0. The van der Waals surface area contributed by atoms with E-state index in [1.807, 2.05) is 6.92 Å². The minimum atomic E-state index is -3.20. The molecule has 1 fully saturated rings. The third-order valence-corrected chi connectivity index (χ3v) is 4.68. The molecule has 0 heterocycles. The van der Waals surface area contributed by atoms with Gasteiger partial charge >= 0.3 is 0 Å². The van der Waals surface area contributed by atoms with Crippen LogP contribution in [-0.2, 0) is 20.2 Å². The lowest BCUT2D eigenvalue weighted by Crippen LogP contribution is -2.32. The van der Waals surface area contributed by atoms with Gasteiger partial charge in [-0.3, -0.25) is 0 Å². The molecule has 0 radical (unpaired) electrons. The molecule has 1 aliphatic rings. The first-order chi connectivity index (χ1) is 8.39. The standard InChI is InChI=1S/C13H15NO3S/c1-10-8-11(18(2,16)17)4-5-12(10)13(14-9-15)6-3-7-13/h4-5,8H,3,6-7H2,1-2H3. The minimum Gasteiger partial charge on any atom is -0.224 e. The second-order valence-corrected chi connectivity index (χ2v) is 6.85. The first-order valence-corrected chi connectivity index (χ1v) is 7.68. The van der Waals surface area contributed by atoms with Crippen LogP contribution in [-0.4, -0.2) is 20.8 Å². The van der Waals surface area contributed by atoms with E-state index in [2.05, 4.69) is 4.99 Å². The summed E-state index contributed by atoms with van der Waals surface area (Å²) in [5, 5.41) is 0. The Labute approximate surface area is 107 Å². The van der Waals surface area contributed by atoms with E-state index in [9.17, 15) is 13.2 Å². The molecule has 18 heavy (non-hydrogen) atoms. The topological polar surface area (TPSA) is 63.6 Å². The van der Waals surface area contributed by atoms with Crippen LogP contribution >= 0.6 is 0 Å². The average Bonchev–Trinajstić information content (AvgIpc) is 2.22. The van der Waals surface area contributed by atoms with Crippen LogP contribution in [0.1, 0.15) is 30.4 Å². The van der Waals surface area contributed by atoms with E-state index in [1.165, 1.54) is 6.26 Å². The highest BCUT2D eigenvalue weighted by Crippen LogP contribution is 2.46. The van der Waals surface area contributed by atoms with Crippen molar-refractivity contribution in [2.24, 2.45) is 4.99 Å². The van der Waals surface area contributed by atoms with E-state index in [0.29, 0.717) is 4.90 Å². The monoisotopic (exact) mass is 265 g/mol. The minimum absolute atomic E-state index is 0.299. The fraction of sp³-hybridized carbons (Fsp3) is 0.462. The molecule has 0 aliphatic heterocycles. The van der Waals surface area contributed by atoms with Crippen molar-refractivity contribution < 1.29 is 13.2 Å². The van der Waals surface area contributed by atoms with E-state index in [0.717, 1.165) is 30.4 Å². The normalized spacial score (nSPS) is 17.7. The molecule has 2 rings (SSSR count). The molecule has 0 N–H and O–H groups in total. The van der Waals surface area contributed by atoms with Gasteiger partial charge in [-0.1, -0.05) is 6.07 Å². The quantitative estimate of drug-likeness (QED) is 0.621. The van der Waals surface area contributed by atoms with Crippen LogP contribution in [0, 0.1) is 6.92 Å². The third-order valence-electron chi connectivity index (χ3n) is 3.57. The Morgan fingerprint density at radius 2 is 2.00 bits per heavy atom. The molecular weight excluding hydrogens is 250 g/mol. The molecule has 1 aromatic rings. The number of carbonyl (C=O) groups excluding carboxylic acids is 1. The molecule has 0 atom stereocenters. The van der Waals surface area contributed by atoms with Gasteiger partial charge in [-0.05, 0) is 49.4 Å². The zero-order valence-electron chi connectivity index (χ0n) is 10.4. The number of sulfone groups is 1. The van der Waals surface area contributed by atoms with E-state index in [4.69, 9.17) is 0 Å². The number of rotatable bonds is 3. The summed E-state index contributed by atoms with van der Waals surface area (Å²) in [7, 11) is -3.20. The van der Waals surface area contributed by atoms with Gasteiger partial charge in [-0.25, -0.2) is 13.2 Å². The van der Waals surface area contributed by atoms with Crippen molar-refractivity contribution in [3.8, 4) is 0 Å². The highest BCUT2D eigenvalue weighted by molar-refractivity contribution is 7.90. The maximum absolute atomic E-state index is 11.5. The summed E-state index contributed by atoms with van der Waals surface area (Å²) >= 11 is 0. The van der Waals surface area contributed by atoms with Crippen molar-refractivity contribution in [1.29, 1.82) is 0 Å². The lowest BCUT2D eigenvalue weighted by Gasteiger charge is -2.38. The largest absolute Gasteiger partial charge is 0.235 e. The second-order valence-electron chi connectivity index (χ2n) is 4.84. The summed E-state index contributed by atoms with van der Waals surface area (Å²) in [5.41, 5.74) is 1.32. The summed E-state index contributed by atoms with van der Waals surface area (Å²) < 4.78 is 22.9. The van der Waals surface area contributed by atoms with Gasteiger partial charge in [0.25, 0.3) is 0 Å². The van der Waals surface area contributed by atoms with E-state index in [-0.39, 0.29) is 0 Å². The Bertz CT molecular complexity index is 624. The zero-order chi connectivity index (χ0) is 13.4. The van der Waals surface area contributed by atoms with E-state index < -0.39 is 15.4 Å². The fourth-order valence-corrected chi connectivity index (χ4v) is 3.14. The molecule has 1 aromatic carbocycles. The first-order valence-electron chi connectivity index (χ1n) is 5.79. The second kappa shape index (κ2) is 4.34. The molecule has 0 bridgehead atoms. The number of hydrogen-bond donors (Lipinski definition) is 0. The SMILES string of the molecule is Cc1cc(S(C)(=O)=O)ccc1C1(N=C=O)CCC1. The van der Waals surface area contributed by atoms with Crippen LogP contribution in [0.3, 0.4) is 0 Å². The molecule has 0 saturated heterocycles. The van der Waals surface area contributed by atoms with Gasteiger partial charge in [0, 0.05) is 6.26 Å². The number of aryl methyl sites for hydroxylation is 1. The predicted octanol–water partition coefficient (Wildman–Crippen LogP) is 2.11. The van der Waals surface area contributed by atoms with E-state index in [1.54, 1.807) is 24.3 Å². The molecular formula is C13H15NO3S. The molecule has 5 heteroatoms. The van der Waals surface area contributed by atoms with Gasteiger partial charge < -0.3 is 0 Å². The van der Waals surface area contributed by atoms with Gasteiger partial charge in [0.05, 0.1) is 10.4 Å². The Morgan fingerprint density at radius 3 is 2.39 bits per heavy atom. The number of nitrogens with zero attached hydrogens (tertiary/aromatic N) is 1. The van der Waals surface area contributed by atoms with Crippen molar-refractivity contribution in [1.82, 2.24) is 0 Å². The Hall–Kier alpha value is -1.45. The lowest BCUT2D eigenvalue weighted by molar-refractivity contribution is 0.254. The molecule has 1 saturated carbocycles. The molecule has 4 nitrogen and oxygen atoms in total. The van der Waals surface area contributed by atoms with Crippen LogP contribution in [0.15, 0.2) is 28.1 Å². The summed E-state index contributed by atoms with van der Waals surface area (Å²) in [4.78, 5) is 14.8. The van der Waals surface area contributed by atoms with Gasteiger partial charge in [0.2, 0.25) is 6.08 Å². The van der Waals surface area contributed by atoms with Crippen LogP contribution < -0.4 is 0 Å². The summed E-state index contributed by atoms with van der Waals surface area (Å²) in [6, 6.07) is 4.99. The van der Waals surface area contributed by atoms with E-state index >= 15 is 0 Å². The van der Waals surface area contributed by atoms with Crippen LogP contribution in [0.5, 0.6) is 0 Å². The summed E-state index contributed by atoms with van der Waals surface area (Å²) in [6.07, 6.45) is 5.49. The van der Waals surface area contributed by atoms with Gasteiger partial charge in [0.1, 0.15) is 0 Å². The van der Waals surface area contributed by atoms with Crippen molar-refractivity contribution >= 4 is 15.9 Å². The van der Waals surface area contributed by atoms with Crippen LogP contribution in [0.2, 0.25) is 0 Å². The number of hydrogen-bond acceptors (Lipinski definition) is 4. The van der Waals surface area contributed by atoms with Crippen molar-refractivity contribution in [2.45, 2.75) is 36.6 Å². The first kappa shape index (κ1) is 13.0. The maximum atomic E-state index is 11.5. The molecule has 96 valence electrons. The molecule has 0 aromatic heterocycles. The zero-order valence-corrected chi connectivity index (χ0v) is 11.3. The number of benzene rings is 1. The predicted molar refractivity (Wildman–Crippen MR) is 67.9 cm³/mol. The molecule has 0 amide bonds. The smallest absolute Gasteiger partial charge is 0.224 e. The van der Waals surface area contributed by atoms with Crippen molar-refractivity contribution in [3.63, 3.8) is 0 Å². The number of isocyanates is 1. The maximum Gasteiger partial charge on any atom is 0.235 e. The van der Waals surface area contributed by atoms with Gasteiger partial charge in [-0.15, -0.1) is 0 Å². The van der Waals surface area contributed by atoms with Crippen molar-refractivity contribution in [2.75, 3.05) is 6.26 Å². The molecule has 0 unspecified atom stereocenters. The Kier molecular flexibility index (Phi) is 3.13. The molecule has 1 aliphatic carbocycles. The lowest BCUT2D eigenvalue weighted by atomic mass is 9.71. The summed E-state index contributed by atoms with van der Waals surface area (Å²) in [6.45, 7) is 1.85. The van der Waals surface area contributed by atoms with Gasteiger partial charge in [-0.2, -0.15) is 4.99 Å². The molecule has 0 spiro atoms. The fourth-order valence-electron chi connectivity index (χ4n) is 2.43. The van der Waals surface area contributed by atoms with Crippen LogP contribution in [0.25, 0.3) is 0 Å². The van der Waals surface area contributed by atoms with Crippen LogP contribution in [0.4, 0.5) is 0 Å². The Morgan fingerprint density at radius 1 is 1.33 bits per heavy atom. The Balaban J connectivity index is 2.51. The van der Waals surface area contributed by atoms with Gasteiger partial charge in [0.15, 0.2) is 9.84 Å². The highest BCUT2D eigenvalue weighted by Gasteiger charge is 2.39. The number of aliphatic imine (C=N–C) groups is 1. The highest BCUT2D eigenvalue weighted by atomic mass is 32.2. The average molecular weight is 265 g/mol.